The van der Waals surface area contributed by atoms with Crippen molar-refractivity contribution in [1.82, 2.24) is 0 Å². The van der Waals surface area contributed by atoms with E-state index in [0.717, 1.165) is 5.56 Å². The molecular weight excluding hydrogens is 256 g/mol. The van der Waals surface area contributed by atoms with E-state index in [2.05, 4.69) is 0 Å². The predicted octanol–water partition coefficient (Wildman–Crippen LogP) is 2.94. The first-order chi connectivity index (χ1) is 9.51. The number of anilines is 1. The molecule has 0 heterocycles. The molecule has 2 aromatic carbocycles. The Kier molecular flexibility index (Phi) is 3.58. The average Bonchev–Trinajstić information content (AvgIpc) is 2.41. The van der Waals surface area contributed by atoms with Gasteiger partial charge in [-0.15, -0.1) is 0 Å². The van der Waals surface area contributed by atoms with Crippen LogP contribution in [0.5, 0.6) is 11.5 Å². The highest BCUT2D eigenvalue weighted by Gasteiger charge is 2.13. The molecule has 3 N–H and O–H groups in total. The van der Waals surface area contributed by atoms with Gasteiger partial charge in [0.05, 0.1) is 11.6 Å². The van der Waals surface area contributed by atoms with Gasteiger partial charge in [-0.3, -0.25) is 0 Å². The van der Waals surface area contributed by atoms with E-state index >= 15 is 0 Å². The lowest BCUT2D eigenvalue weighted by atomic mass is 10.1. The second-order valence-electron chi connectivity index (χ2n) is 4.25. The lowest BCUT2D eigenvalue weighted by Gasteiger charge is -2.11. The molecule has 0 fully saturated rings. The van der Waals surface area contributed by atoms with E-state index < -0.39 is 5.97 Å². The van der Waals surface area contributed by atoms with Crippen LogP contribution in [0.25, 0.3) is 0 Å². The van der Waals surface area contributed by atoms with Gasteiger partial charge in [0.1, 0.15) is 17.1 Å². The summed E-state index contributed by atoms with van der Waals surface area (Å²) in [5.74, 6) is -0.526. The van der Waals surface area contributed by atoms with Crippen molar-refractivity contribution in [3.8, 4) is 17.6 Å². The van der Waals surface area contributed by atoms with Gasteiger partial charge in [0.25, 0.3) is 0 Å². The van der Waals surface area contributed by atoms with Gasteiger partial charge in [0.2, 0.25) is 0 Å². The molecule has 0 saturated carbocycles. The zero-order valence-electron chi connectivity index (χ0n) is 10.8. The van der Waals surface area contributed by atoms with Crippen LogP contribution in [0.2, 0.25) is 0 Å². The minimum Gasteiger partial charge on any atom is -0.478 e. The number of nitriles is 1. The molecule has 0 unspecified atom stereocenters. The Morgan fingerprint density at radius 1 is 1.25 bits per heavy atom. The summed E-state index contributed by atoms with van der Waals surface area (Å²) in [7, 11) is 0. The maximum Gasteiger partial charge on any atom is 0.339 e. The summed E-state index contributed by atoms with van der Waals surface area (Å²) in [5.41, 5.74) is 7.30. The molecule has 100 valence electrons. The van der Waals surface area contributed by atoms with Gasteiger partial charge in [-0.2, -0.15) is 5.26 Å². The normalized spacial score (nSPS) is 9.80. The van der Waals surface area contributed by atoms with Gasteiger partial charge in [0, 0.05) is 11.8 Å². The number of carboxylic acids is 1. The van der Waals surface area contributed by atoms with E-state index in [9.17, 15) is 4.79 Å². The fourth-order valence-electron chi connectivity index (χ4n) is 1.70. The summed E-state index contributed by atoms with van der Waals surface area (Å²) in [4.78, 5) is 11.2. The van der Waals surface area contributed by atoms with Crippen LogP contribution >= 0.6 is 0 Å². The van der Waals surface area contributed by atoms with Gasteiger partial charge in [-0.1, -0.05) is 6.07 Å². The third-order valence-corrected chi connectivity index (χ3v) is 2.77. The highest BCUT2D eigenvalue weighted by Crippen LogP contribution is 2.30. The summed E-state index contributed by atoms with van der Waals surface area (Å²) in [6, 6.07) is 11.3. The zero-order chi connectivity index (χ0) is 14.7. The minimum atomic E-state index is -1.10. The number of carbonyl (C=O) groups is 1. The maximum atomic E-state index is 11.2. The Balaban J connectivity index is 2.47. The van der Waals surface area contributed by atoms with E-state index in [1.165, 1.54) is 18.2 Å². The summed E-state index contributed by atoms with van der Waals surface area (Å²) < 4.78 is 5.61. The highest BCUT2D eigenvalue weighted by molar-refractivity contribution is 5.91. The molecule has 20 heavy (non-hydrogen) atoms. The number of aryl methyl sites for hydroxylation is 1. The molecule has 0 aliphatic carbocycles. The number of rotatable bonds is 3. The Morgan fingerprint density at radius 3 is 2.65 bits per heavy atom. The Bertz CT molecular complexity index is 718. The van der Waals surface area contributed by atoms with Crippen LogP contribution in [0.1, 0.15) is 21.5 Å². The van der Waals surface area contributed by atoms with Crippen LogP contribution in [0.3, 0.4) is 0 Å². The Morgan fingerprint density at radius 2 is 2.00 bits per heavy atom. The van der Waals surface area contributed by atoms with Crippen molar-refractivity contribution in [2.24, 2.45) is 0 Å². The SMILES string of the molecule is Cc1ccc(C#N)cc1Oc1cc(N)ccc1C(=O)O. The predicted molar refractivity (Wildman–Crippen MR) is 73.8 cm³/mol. The van der Waals surface area contributed by atoms with Crippen molar-refractivity contribution in [2.75, 3.05) is 5.73 Å². The maximum absolute atomic E-state index is 11.2. The molecule has 5 heteroatoms. The number of ether oxygens (including phenoxy) is 1. The standard InChI is InChI=1S/C15H12N2O3/c1-9-2-3-10(8-16)6-13(9)20-14-7-11(17)4-5-12(14)15(18)19/h2-7H,17H2,1H3,(H,18,19). The number of aromatic carboxylic acids is 1. The molecule has 0 radical (unpaired) electrons. The third kappa shape index (κ3) is 2.70. The van der Waals surface area contributed by atoms with Crippen molar-refractivity contribution in [3.63, 3.8) is 0 Å². The number of benzene rings is 2. The quantitative estimate of drug-likeness (QED) is 0.834. The van der Waals surface area contributed by atoms with Gasteiger partial charge in [-0.25, -0.2) is 4.79 Å². The number of nitrogens with two attached hydrogens (primary N) is 1. The van der Waals surface area contributed by atoms with Gasteiger partial charge < -0.3 is 15.6 Å². The number of hydrogen-bond donors (Lipinski definition) is 2. The largest absolute Gasteiger partial charge is 0.478 e. The van der Waals surface area contributed by atoms with Crippen molar-refractivity contribution in [2.45, 2.75) is 6.92 Å². The van der Waals surface area contributed by atoms with Crippen molar-refractivity contribution in [3.05, 3.63) is 53.1 Å². The fraction of sp³-hybridized carbons (Fsp3) is 0.0667. The van der Waals surface area contributed by atoms with Crippen LogP contribution < -0.4 is 10.5 Å². The van der Waals surface area contributed by atoms with E-state index in [-0.39, 0.29) is 11.3 Å². The highest BCUT2D eigenvalue weighted by atomic mass is 16.5. The lowest BCUT2D eigenvalue weighted by Crippen LogP contribution is -2.01. The van der Waals surface area contributed by atoms with Crippen LogP contribution in [0.4, 0.5) is 5.69 Å². The molecule has 2 aromatic rings. The summed E-state index contributed by atoms with van der Waals surface area (Å²) in [6.45, 7) is 1.81. The fourth-order valence-corrected chi connectivity index (χ4v) is 1.70. The minimum absolute atomic E-state index is 0.0148. The van der Waals surface area contributed by atoms with Crippen LogP contribution in [0.15, 0.2) is 36.4 Å². The molecule has 0 saturated heterocycles. The molecule has 0 amide bonds. The summed E-state index contributed by atoms with van der Waals surface area (Å²) in [6.07, 6.45) is 0. The first kappa shape index (κ1) is 13.4. The van der Waals surface area contributed by atoms with Gasteiger partial charge in [0.15, 0.2) is 0 Å². The molecule has 0 aromatic heterocycles. The van der Waals surface area contributed by atoms with E-state index in [4.69, 9.17) is 20.8 Å². The monoisotopic (exact) mass is 268 g/mol. The van der Waals surface area contributed by atoms with Crippen LogP contribution in [-0.2, 0) is 0 Å². The Labute approximate surface area is 115 Å². The topological polar surface area (TPSA) is 96.3 Å². The van der Waals surface area contributed by atoms with E-state index in [1.54, 1.807) is 18.2 Å². The molecule has 5 nitrogen and oxygen atoms in total. The molecule has 0 aliphatic heterocycles. The zero-order valence-corrected chi connectivity index (χ0v) is 10.8. The second-order valence-corrected chi connectivity index (χ2v) is 4.25. The lowest BCUT2D eigenvalue weighted by molar-refractivity contribution is 0.0694. The molecule has 0 bridgehead atoms. The average molecular weight is 268 g/mol. The molecular formula is C15H12N2O3. The molecule has 2 rings (SSSR count). The number of nitrogen functional groups attached to an aromatic ring is 1. The van der Waals surface area contributed by atoms with Crippen molar-refractivity contribution in [1.29, 1.82) is 5.26 Å². The van der Waals surface area contributed by atoms with E-state index in [1.807, 2.05) is 13.0 Å². The summed E-state index contributed by atoms with van der Waals surface area (Å²) >= 11 is 0. The summed E-state index contributed by atoms with van der Waals surface area (Å²) in [5, 5.41) is 18.0. The van der Waals surface area contributed by atoms with Gasteiger partial charge in [-0.05, 0) is 36.8 Å². The van der Waals surface area contributed by atoms with Crippen LogP contribution in [-0.4, -0.2) is 11.1 Å². The van der Waals surface area contributed by atoms with Crippen molar-refractivity contribution < 1.29 is 14.6 Å². The Hall–Kier alpha value is -3.00. The molecule has 0 spiro atoms. The van der Waals surface area contributed by atoms with Crippen molar-refractivity contribution >= 4 is 11.7 Å². The third-order valence-electron chi connectivity index (χ3n) is 2.77. The smallest absolute Gasteiger partial charge is 0.339 e. The number of carboxylic acid groups (broad SMARTS) is 1. The molecule has 0 atom stereocenters. The van der Waals surface area contributed by atoms with E-state index in [0.29, 0.717) is 17.0 Å². The second kappa shape index (κ2) is 5.33. The molecule has 0 aliphatic rings. The number of nitrogens with zero attached hydrogens (tertiary/aromatic N) is 1. The first-order valence-electron chi connectivity index (χ1n) is 5.82. The number of hydrogen-bond acceptors (Lipinski definition) is 4. The first-order valence-corrected chi connectivity index (χ1v) is 5.82. The van der Waals surface area contributed by atoms with Crippen LogP contribution in [0, 0.1) is 18.3 Å². The van der Waals surface area contributed by atoms with Gasteiger partial charge >= 0.3 is 5.97 Å².